The SMILES string of the molecule is CCN(CC1CCCS1)C(=O)C1CC2CCCCC2O1. The molecule has 2 saturated heterocycles. The molecule has 0 bridgehead atoms. The summed E-state index contributed by atoms with van der Waals surface area (Å²) in [4.78, 5) is 14.7. The Morgan fingerprint density at radius 2 is 2.10 bits per heavy atom. The van der Waals surface area contributed by atoms with E-state index in [0.29, 0.717) is 17.3 Å². The molecule has 1 amide bonds. The van der Waals surface area contributed by atoms with Gasteiger partial charge in [-0.2, -0.15) is 11.8 Å². The molecular formula is C16H27NO2S. The van der Waals surface area contributed by atoms with Crippen molar-refractivity contribution in [2.45, 2.75) is 69.3 Å². The molecule has 114 valence electrons. The second-order valence-electron chi connectivity index (χ2n) is 6.46. The van der Waals surface area contributed by atoms with Gasteiger partial charge in [-0.3, -0.25) is 4.79 Å². The molecule has 2 heterocycles. The van der Waals surface area contributed by atoms with E-state index in [2.05, 4.69) is 6.92 Å². The fourth-order valence-electron chi connectivity index (χ4n) is 3.94. The molecule has 3 aliphatic rings. The molecule has 3 rings (SSSR count). The van der Waals surface area contributed by atoms with E-state index in [4.69, 9.17) is 4.74 Å². The first-order valence-corrected chi connectivity index (χ1v) is 9.38. The highest BCUT2D eigenvalue weighted by atomic mass is 32.2. The lowest BCUT2D eigenvalue weighted by Crippen LogP contribution is -2.42. The zero-order chi connectivity index (χ0) is 13.9. The monoisotopic (exact) mass is 297 g/mol. The van der Waals surface area contributed by atoms with Crippen molar-refractivity contribution in [1.82, 2.24) is 4.90 Å². The number of thioether (sulfide) groups is 1. The van der Waals surface area contributed by atoms with Crippen LogP contribution in [0.2, 0.25) is 0 Å². The zero-order valence-electron chi connectivity index (χ0n) is 12.6. The van der Waals surface area contributed by atoms with Crippen molar-refractivity contribution in [2.24, 2.45) is 5.92 Å². The molecule has 4 heteroatoms. The fourth-order valence-corrected chi connectivity index (χ4v) is 5.22. The summed E-state index contributed by atoms with van der Waals surface area (Å²) < 4.78 is 6.08. The van der Waals surface area contributed by atoms with E-state index in [0.717, 1.165) is 19.5 Å². The van der Waals surface area contributed by atoms with Gasteiger partial charge in [0.15, 0.2) is 0 Å². The number of likely N-dealkylation sites (N-methyl/N-ethyl adjacent to an activating group) is 1. The average Bonchev–Trinajstić information content (AvgIpc) is 3.12. The quantitative estimate of drug-likeness (QED) is 0.798. The van der Waals surface area contributed by atoms with Gasteiger partial charge in [-0.15, -0.1) is 0 Å². The summed E-state index contributed by atoms with van der Waals surface area (Å²) in [7, 11) is 0. The smallest absolute Gasteiger partial charge is 0.251 e. The minimum atomic E-state index is -0.144. The van der Waals surface area contributed by atoms with E-state index in [1.807, 2.05) is 16.7 Å². The van der Waals surface area contributed by atoms with E-state index in [1.165, 1.54) is 44.3 Å². The molecule has 4 unspecified atom stereocenters. The lowest BCUT2D eigenvalue weighted by molar-refractivity contribution is -0.143. The summed E-state index contributed by atoms with van der Waals surface area (Å²) in [6, 6.07) is 0. The van der Waals surface area contributed by atoms with Crippen LogP contribution in [0.5, 0.6) is 0 Å². The van der Waals surface area contributed by atoms with Gasteiger partial charge in [-0.1, -0.05) is 12.8 Å². The molecule has 3 nitrogen and oxygen atoms in total. The fraction of sp³-hybridized carbons (Fsp3) is 0.938. The van der Waals surface area contributed by atoms with Gasteiger partial charge in [-0.25, -0.2) is 0 Å². The van der Waals surface area contributed by atoms with Crippen LogP contribution < -0.4 is 0 Å². The molecule has 2 aliphatic heterocycles. The number of ether oxygens (including phenoxy) is 1. The van der Waals surface area contributed by atoms with E-state index < -0.39 is 0 Å². The van der Waals surface area contributed by atoms with Crippen LogP contribution in [0.15, 0.2) is 0 Å². The van der Waals surface area contributed by atoms with Gasteiger partial charge in [0.25, 0.3) is 5.91 Å². The summed E-state index contributed by atoms with van der Waals surface area (Å²) >= 11 is 2.03. The van der Waals surface area contributed by atoms with Crippen LogP contribution in [-0.4, -0.2) is 47.1 Å². The lowest BCUT2D eigenvalue weighted by atomic mass is 9.85. The van der Waals surface area contributed by atoms with Crippen LogP contribution >= 0.6 is 11.8 Å². The summed E-state index contributed by atoms with van der Waals surface area (Å²) in [6.45, 7) is 3.85. The topological polar surface area (TPSA) is 29.5 Å². The summed E-state index contributed by atoms with van der Waals surface area (Å²) in [5.74, 6) is 2.17. The highest BCUT2D eigenvalue weighted by molar-refractivity contribution is 8.00. The molecule has 0 aromatic rings. The molecule has 1 saturated carbocycles. The maximum atomic E-state index is 12.7. The van der Waals surface area contributed by atoms with Crippen LogP contribution in [0.3, 0.4) is 0 Å². The molecule has 4 atom stereocenters. The third-order valence-electron chi connectivity index (χ3n) is 5.11. The van der Waals surface area contributed by atoms with Gasteiger partial charge in [0, 0.05) is 18.3 Å². The molecular weight excluding hydrogens is 270 g/mol. The van der Waals surface area contributed by atoms with E-state index in [9.17, 15) is 4.79 Å². The molecule has 0 aromatic carbocycles. The lowest BCUT2D eigenvalue weighted by Gasteiger charge is -2.26. The van der Waals surface area contributed by atoms with Gasteiger partial charge in [0.05, 0.1) is 6.10 Å². The normalized spacial score (nSPS) is 36.9. The van der Waals surface area contributed by atoms with E-state index in [1.54, 1.807) is 0 Å². The molecule has 0 radical (unpaired) electrons. The van der Waals surface area contributed by atoms with Crippen molar-refractivity contribution >= 4 is 17.7 Å². The van der Waals surface area contributed by atoms with Gasteiger partial charge >= 0.3 is 0 Å². The minimum Gasteiger partial charge on any atom is -0.365 e. The number of hydrogen-bond donors (Lipinski definition) is 0. The third kappa shape index (κ3) is 3.16. The minimum absolute atomic E-state index is 0.144. The number of rotatable bonds is 4. The second kappa shape index (κ2) is 6.69. The number of nitrogens with zero attached hydrogens (tertiary/aromatic N) is 1. The zero-order valence-corrected chi connectivity index (χ0v) is 13.4. The summed E-state index contributed by atoms with van der Waals surface area (Å²) in [5.41, 5.74) is 0. The maximum absolute atomic E-state index is 12.7. The molecule has 0 spiro atoms. The van der Waals surface area contributed by atoms with E-state index in [-0.39, 0.29) is 12.0 Å². The first-order chi connectivity index (χ1) is 9.78. The summed E-state index contributed by atoms with van der Waals surface area (Å²) in [6.07, 6.45) is 8.80. The molecule has 0 N–H and O–H groups in total. The first kappa shape index (κ1) is 14.7. The summed E-state index contributed by atoms with van der Waals surface area (Å²) in [5, 5.41) is 0.655. The van der Waals surface area contributed by atoms with Crippen LogP contribution in [-0.2, 0) is 9.53 Å². The van der Waals surface area contributed by atoms with Crippen molar-refractivity contribution in [1.29, 1.82) is 0 Å². The molecule has 0 aromatic heterocycles. The Labute approximate surface area is 126 Å². The highest BCUT2D eigenvalue weighted by Gasteiger charge is 2.41. The predicted molar refractivity (Wildman–Crippen MR) is 83.0 cm³/mol. The highest BCUT2D eigenvalue weighted by Crippen LogP contribution is 2.38. The van der Waals surface area contributed by atoms with E-state index >= 15 is 0 Å². The number of carbonyl (C=O) groups excluding carboxylic acids is 1. The molecule has 3 fully saturated rings. The van der Waals surface area contributed by atoms with Crippen LogP contribution in [0, 0.1) is 5.92 Å². The number of amides is 1. The van der Waals surface area contributed by atoms with Crippen molar-refractivity contribution in [3.63, 3.8) is 0 Å². The van der Waals surface area contributed by atoms with Crippen molar-refractivity contribution in [3.8, 4) is 0 Å². The van der Waals surface area contributed by atoms with Crippen LogP contribution in [0.25, 0.3) is 0 Å². The van der Waals surface area contributed by atoms with Crippen molar-refractivity contribution in [3.05, 3.63) is 0 Å². The first-order valence-electron chi connectivity index (χ1n) is 8.33. The number of hydrogen-bond acceptors (Lipinski definition) is 3. The van der Waals surface area contributed by atoms with Crippen LogP contribution in [0.4, 0.5) is 0 Å². The standard InChI is InChI=1S/C16H27NO2S/c1-2-17(11-13-7-5-9-20-13)16(18)15-10-12-6-3-4-8-14(12)19-15/h12-15H,2-11H2,1H3. The van der Waals surface area contributed by atoms with Gasteiger partial charge in [0.1, 0.15) is 6.10 Å². The molecule has 20 heavy (non-hydrogen) atoms. The third-order valence-corrected chi connectivity index (χ3v) is 6.49. The Bertz CT molecular complexity index is 325. The number of fused-ring (bicyclic) bond motifs is 1. The largest absolute Gasteiger partial charge is 0.365 e. The average molecular weight is 297 g/mol. The van der Waals surface area contributed by atoms with Gasteiger partial charge < -0.3 is 9.64 Å². The maximum Gasteiger partial charge on any atom is 0.251 e. The van der Waals surface area contributed by atoms with Gasteiger partial charge in [-0.05, 0) is 50.7 Å². The Hall–Kier alpha value is -0.220. The number of carbonyl (C=O) groups is 1. The van der Waals surface area contributed by atoms with Crippen molar-refractivity contribution in [2.75, 3.05) is 18.8 Å². The van der Waals surface area contributed by atoms with Crippen LogP contribution in [0.1, 0.15) is 51.9 Å². The predicted octanol–water partition coefficient (Wildman–Crippen LogP) is 3.08. The Kier molecular flexibility index (Phi) is 4.92. The Morgan fingerprint density at radius 1 is 1.25 bits per heavy atom. The second-order valence-corrected chi connectivity index (χ2v) is 7.86. The van der Waals surface area contributed by atoms with Crippen molar-refractivity contribution < 1.29 is 9.53 Å². The Morgan fingerprint density at radius 3 is 2.80 bits per heavy atom. The molecule has 1 aliphatic carbocycles. The Balaban J connectivity index is 1.56. The van der Waals surface area contributed by atoms with Gasteiger partial charge in [0.2, 0.25) is 0 Å².